The van der Waals surface area contributed by atoms with Crippen LogP contribution in [0.2, 0.25) is 0 Å². The second kappa shape index (κ2) is 6.30. The summed E-state index contributed by atoms with van der Waals surface area (Å²) < 4.78 is 76.3. The van der Waals surface area contributed by atoms with Crippen LogP contribution in [0.5, 0.6) is 0 Å². The number of aromatic nitrogens is 1. The summed E-state index contributed by atoms with van der Waals surface area (Å²) in [5.41, 5.74) is 0.579. The average molecular weight is 320 g/mol. The maximum atomic E-state index is 12.7. The molecule has 0 fully saturated rings. The van der Waals surface area contributed by atoms with E-state index in [1.54, 1.807) is 12.3 Å². The van der Waals surface area contributed by atoms with Crippen molar-refractivity contribution in [2.24, 2.45) is 5.92 Å². The summed E-state index contributed by atoms with van der Waals surface area (Å²) in [5.74, 6) is -3.40. The Labute approximate surface area is 116 Å². The van der Waals surface area contributed by atoms with Gasteiger partial charge >= 0.3 is 12.4 Å². The summed E-state index contributed by atoms with van der Waals surface area (Å²) in [5, 5.41) is 4.13. The van der Waals surface area contributed by atoms with Gasteiger partial charge in [0.15, 0.2) is 5.92 Å². The Bertz CT molecular complexity index is 411. The highest BCUT2D eigenvalue weighted by Gasteiger charge is 2.60. The molecule has 1 rings (SSSR count). The van der Waals surface area contributed by atoms with Gasteiger partial charge in [-0.2, -0.15) is 26.3 Å². The van der Waals surface area contributed by atoms with Crippen LogP contribution in [0.4, 0.5) is 26.3 Å². The minimum Gasteiger partial charge on any atom is -0.313 e. The lowest BCUT2D eigenvalue weighted by Gasteiger charge is -2.30. The summed E-state index contributed by atoms with van der Waals surface area (Å²) in [6, 6.07) is -1.77. The van der Waals surface area contributed by atoms with Crippen molar-refractivity contribution in [3.8, 4) is 0 Å². The molecule has 1 heterocycles. The van der Waals surface area contributed by atoms with Crippen molar-refractivity contribution in [2.45, 2.75) is 38.7 Å². The van der Waals surface area contributed by atoms with E-state index in [0.29, 0.717) is 5.69 Å². The van der Waals surface area contributed by atoms with Gasteiger partial charge in [0.05, 0.1) is 5.01 Å². The van der Waals surface area contributed by atoms with E-state index in [2.05, 4.69) is 10.3 Å². The van der Waals surface area contributed by atoms with E-state index in [0.717, 1.165) is 11.3 Å². The quantitative estimate of drug-likeness (QED) is 0.837. The first-order valence-electron chi connectivity index (χ1n) is 5.83. The molecule has 1 aromatic heterocycles. The van der Waals surface area contributed by atoms with Crippen LogP contribution >= 0.6 is 11.3 Å². The van der Waals surface area contributed by atoms with E-state index >= 15 is 0 Å². The van der Waals surface area contributed by atoms with Crippen LogP contribution in [0.15, 0.2) is 5.38 Å². The van der Waals surface area contributed by atoms with Gasteiger partial charge in [-0.25, -0.2) is 4.98 Å². The first-order chi connectivity index (χ1) is 9.05. The Morgan fingerprint density at radius 2 is 1.75 bits per heavy atom. The van der Waals surface area contributed by atoms with Gasteiger partial charge in [-0.05, 0) is 13.5 Å². The van der Waals surface area contributed by atoms with Crippen molar-refractivity contribution in [1.82, 2.24) is 10.3 Å². The molecule has 20 heavy (non-hydrogen) atoms. The lowest BCUT2D eigenvalue weighted by Crippen LogP contribution is -2.52. The van der Waals surface area contributed by atoms with E-state index in [4.69, 9.17) is 0 Å². The lowest BCUT2D eigenvalue weighted by molar-refractivity contribution is -0.291. The number of likely N-dealkylation sites (N-methyl/N-ethyl adjacent to an activating group) is 1. The second-order valence-electron chi connectivity index (χ2n) is 4.31. The van der Waals surface area contributed by atoms with Crippen LogP contribution in [0.1, 0.15) is 17.6 Å². The fourth-order valence-corrected chi connectivity index (χ4v) is 2.73. The van der Waals surface area contributed by atoms with Crippen molar-refractivity contribution in [1.29, 1.82) is 0 Å². The van der Waals surface area contributed by atoms with Gasteiger partial charge in [0.2, 0.25) is 0 Å². The lowest BCUT2D eigenvalue weighted by atomic mass is 9.95. The summed E-state index contributed by atoms with van der Waals surface area (Å²) in [6.07, 6.45) is -11.1. The number of nitrogens with zero attached hydrogens (tertiary/aromatic N) is 1. The molecule has 0 saturated carbocycles. The van der Waals surface area contributed by atoms with Crippen molar-refractivity contribution in [3.05, 3.63) is 16.1 Å². The third kappa shape index (κ3) is 4.62. The van der Waals surface area contributed by atoms with Gasteiger partial charge in [-0.3, -0.25) is 0 Å². The molecule has 0 radical (unpaired) electrons. The molecule has 0 aliphatic heterocycles. The highest BCUT2D eigenvalue weighted by molar-refractivity contribution is 7.09. The van der Waals surface area contributed by atoms with Gasteiger partial charge in [-0.15, -0.1) is 11.3 Å². The Morgan fingerprint density at radius 3 is 2.10 bits per heavy atom. The minimum absolute atomic E-state index is 0.0116. The number of nitrogens with one attached hydrogen (secondary N) is 1. The summed E-state index contributed by atoms with van der Waals surface area (Å²) in [6.45, 7) is 3.11. The molecular weight excluding hydrogens is 306 g/mol. The predicted molar refractivity (Wildman–Crippen MR) is 63.6 cm³/mol. The highest BCUT2D eigenvalue weighted by atomic mass is 32.1. The molecule has 1 N–H and O–H groups in total. The second-order valence-corrected chi connectivity index (χ2v) is 5.25. The van der Waals surface area contributed by atoms with E-state index in [9.17, 15) is 26.3 Å². The van der Waals surface area contributed by atoms with Crippen LogP contribution in [-0.4, -0.2) is 29.9 Å². The topological polar surface area (TPSA) is 24.9 Å². The van der Waals surface area contributed by atoms with Gasteiger partial charge in [0, 0.05) is 23.5 Å². The average Bonchev–Trinajstić information content (AvgIpc) is 2.59. The zero-order chi connectivity index (χ0) is 15.6. The standard InChI is InChI=1S/C11H14F6N2S/c1-3-18-7(4-8-19-6(2)5-20-8)9(10(12,13)14)11(15,16)17/h5,7,9,18H,3-4H2,1-2H3. The zero-order valence-corrected chi connectivity index (χ0v) is 11.6. The highest BCUT2D eigenvalue weighted by Crippen LogP contribution is 2.42. The number of hydrogen-bond donors (Lipinski definition) is 1. The maximum Gasteiger partial charge on any atom is 0.402 e. The first-order valence-corrected chi connectivity index (χ1v) is 6.71. The van der Waals surface area contributed by atoms with E-state index < -0.39 is 30.7 Å². The molecule has 1 atom stereocenters. The van der Waals surface area contributed by atoms with Crippen molar-refractivity contribution in [3.63, 3.8) is 0 Å². The normalized spacial score (nSPS) is 14.8. The number of alkyl halides is 6. The Hall–Kier alpha value is -0.830. The van der Waals surface area contributed by atoms with E-state index in [1.165, 1.54) is 6.92 Å². The molecule has 1 aromatic rings. The molecular formula is C11H14F6N2S. The molecule has 116 valence electrons. The fourth-order valence-electron chi connectivity index (χ4n) is 1.90. The SMILES string of the molecule is CCNC(Cc1nc(C)cs1)C(C(F)(F)F)C(F)(F)F. The molecule has 0 aromatic carbocycles. The number of aryl methyl sites for hydroxylation is 1. The van der Waals surface area contributed by atoms with Crippen molar-refractivity contribution >= 4 is 11.3 Å². The smallest absolute Gasteiger partial charge is 0.313 e. The largest absolute Gasteiger partial charge is 0.402 e. The van der Waals surface area contributed by atoms with E-state index in [-0.39, 0.29) is 11.6 Å². The summed E-state index contributed by atoms with van der Waals surface area (Å²) >= 11 is 1.06. The summed E-state index contributed by atoms with van der Waals surface area (Å²) in [7, 11) is 0. The molecule has 0 aliphatic rings. The number of halogens is 6. The molecule has 0 amide bonds. The van der Waals surface area contributed by atoms with E-state index in [1.807, 2.05) is 0 Å². The molecule has 1 unspecified atom stereocenters. The molecule has 0 bridgehead atoms. The third-order valence-electron chi connectivity index (χ3n) is 2.64. The molecule has 9 heteroatoms. The summed E-state index contributed by atoms with van der Waals surface area (Å²) in [4.78, 5) is 3.92. The van der Waals surface area contributed by atoms with Gasteiger partial charge in [0.25, 0.3) is 0 Å². The molecule has 0 saturated heterocycles. The van der Waals surface area contributed by atoms with Crippen LogP contribution in [0.25, 0.3) is 0 Å². The van der Waals surface area contributed by atoms with Crippen LogP contribution in [0.3, 0.4) is 0 Å². The predicted octanol–water partition coefficient (Wildman–Crippen LogP) is 3.71. The first kappa shape index (κ1) is 17.2. The van der Waals surface area contributed by atoms with Crippen molar-refractivity contribution in [2.75, 3.05) is 6.54 Å². The van der Waals surface area contributed by atoms with Crippen LogP contribution in [-0.2, 0) is 6.42 Å². The minimum atomic E-state index is -5.35. The zero-order valence-electron chi connectivity index (χ0n) is 10.8. The molecule has 0 aliphatic carbocycles. The Morgan fingerprint density at radius 1 is 1.20 bits per heavy atom. The number of hydrogen-bond acceptors (Lipinski definition) is 3. The molecule has 2 nitrogen and oxygen atoms in total. The fraction of sp³-hybridized carbons (Fsp3) is 0.727. The molecule has 0 spiro atoms. The van der Waals surface area contributed by atoms with Crippen LogP contribution in [0, 0.1) is 12.8 Å². The number of rotatable bonds is 5. The van der Waals surface area contributed by atoms with Crippen LogP contribution < -0.4 is 5.32 Å². The maximum absolute atomic E-state index is 12.7. The monoisotopic (exact) mass is 320 g/mol. The Balaban J connectivity index is 3.02. The van der Waals surface area contributed by atoms with Gasteiger partial charge < -0.3 is 5.32 Å². The van der Waals surface area contributed by atoms with Crippen molar-refractivity contribution < 1.29 is 26.3 Å². The van der Waals surface area contributed by atoms with Gasteiger partial charge in [0.1, 0.15) is 0 Å². The third-order valence-corrected chi connectivity index (χ3v) is 3.62. The Kier molecular flexibility index (Phi) is 5.42. The van der Waals surface area contributed by atoms with Gasteiger partial charge in [-0.1, -0.05) is 6.92 Å². The number of thiazole rings is 1.